The van der Waals surface area contributed by atoms with Crippen molar-refractivity contribution in [3.05, 3.63) is 0 Å². The van der Waals surface area contributed by atoms with E-state index in [2.05, 4.69) is 20.8 Å². The fraction of sp³-hybridized carbons (Fsp3) is 1.00. The van der Waals surface area contributed by atoms with Crippen molar-refractivity contribution in [3.8, 4) is 0 Å². The summed E-state index contributed by atoms with van der Waals surface area (Å²) < 4.78 is 0. The molecule has 0 spiro atoms. The van der Waals surface area contributed by atoms with Gasteiger partial charge in [-0.3, -0.25) is 0 Å². The first-order valence-corrected chi connectivity index (χ1v) is 3.67. The van der Waals surface area contributed by atoms with Crippen LogP contribution in [0.2, 0.25) is 0 Å². The lowest BCUT2D eigenvalue weighted by atomic mass is 9.93. The van der Waals surface area contributed by atoms with E-state index in [0.717, 1.165) is 6.42 Å². The molecule has 58 valence electrons. The maximum absolute atomic E-state index is 8.40. The summed E-state index contributed by atoms with van der Waals surface area (Å²) in [6.07, 6.45) is 0.896. The van der Waals surface area contributed by atoms with Gasteiger partial charge in [-0.1, -0.05) is 34.6 Å². The highest BCUT2D eigenvalue weighted by molar-refractivity contribution is 4.58. The summed E-state index contributed by atoms with van der Waals surface area (Å²) in [5.74, 6) is 0. The molecule has 0 aromatic rings. The summed E-state index contributed by atoms with van der Waals surface area (Å²) in [5.41, 5.74) is 0.300. The SMILES string of the molecule is CC.CC(C)(C)CCO. The quantitative estimate of drug-likeness (QED) is 0.581. The maximum atomic E-state index is 8.40. The monoisotopic (exact) mass is 132 g/mol. The number of hydrogen-bond donors (Lipinski definition) is 1. The minimum atomic E-state index is 0.300. The second-order valence-corrected chi connectivity index (χ2v) is 3.03. The molecule has 0 unspecified atom stereocenters. The first kappa shape index (κ1) is 11.7. The van der Waals surface area contributed by atoms with Gasteiger partial charge in [-0.05, 0) is 11.8 Å². The molecule has 0 rings (SSSR count). The molecule has 0 amide bonds. The molecule has 1 N–H and O–H groups in total. The highest BCUT2D eigenvalue weighted by Crippen LogP contribution is 2.16. The third kappa shape index (κ3) is 18.0. The molecule has 1 nitrogen and oxygen atoms in total. The fourth-order valence-corrected chi connectivity index (χ4v) is 0.335. The Bertz CT molecular complexity index is 43.0. The smallest absolute Gasteiger partial charge is 0.0436 e. The van der Waals surface area contributed by atoms with Crippen LogP contribution in [0.5, 0.6) is 0 Å². The van der Waals surface area contributed by atoms with Gasteiger partial charge in [0.05, 0.1) is 0 Å². The van der Waals surface area contributed by atoms with Crippen LogP contribution in [-0.4, -0.2) is 11.7 Å². The average Bonchev–Trinajstić information content (AvgIpc) is 1.69. The summed E-state index contributed by atoms with van der Waals surface area (Å²) in [4.78, 5) is 0. The number of hydrogen-bond acceptors (Lipinski definition) is 1. The Morgan fingerprint density at radius 3 is 1.44 bits per heavy atom. The van der Waals surface area contributed by atoms with E-state index in [4.69, 9.17) is 5.11 Å². The minimum absolute atomic E-state index is 0.300. The van der Waals surface area contributed by atoms with Crippen LogP contribution >= 0.6 is 0 Å². The maximum Gasteiger partial charge on any atom is 0.0436 e. The normalized spacial score (nSPS) is 10.0. The zero-order valence-electron chi connectivity index (χ0n) is 7.36. The van der Waals surface area contributed by atoms with E-state index in [-0.39, 0.29) is 0 Å². The Kier molecular flexibility index (Phi) is 7.92. The van der Waals surface area contributed by atoms with E-state index >= 15 is 0 Å². The highest BCUT2D eigenvalue weighted by atomic mass is 16.3. The van der Waals surface area contributed by atoms with Crippen molar-refractivity contribution in [1.29, 1.82) is 0 Å². The van der Waals surface area contributed by atoms with E-state index in [1.54, 1.807) is 0 Å². The molecule has 0 atom stereocenters. The summed E-state index contributed by atoms with van der Waals surface area (Å²) in [6, 6.07) is 0. The van der Waals surface area contributed by atoms with Crippen LogP contribution in [0.15, 0.2) is 0 Å². The Balaban J connectivity index is 0. The molecule has 0 aliphatic heterocycles. The lowest BCUT2D eigenvalue weighted by molar-refractivity contribution is 0.225. The van der Waals surface area contributed by atoms with E-state index in [9.17, 15) is 0 Å². The first-order chi connectivity index (χ1) is 4.06. The summed E-state index contributed by atoms with van der Waals surface area (Å²) in [7, 11) is 0. The highest BCUT2D eigenvalue weighted by Gasteiger charge is 2.06. The predicted molar refractivity (Wildman–Crippen MR) is 42.5 cm³/mol. The Morgan fingerprint density at radius 2 is 1.44 bits per heavy atom. The van der Waals surface area contributed by atoms with Gasteiger partial charge < -0.3 is 5.11 Å². The van der Waals surface area contributed by atoms with Gasteiger partial charge in [-0.15, -0.1) is 0 Å². The second-order valence-electron chi connectivity index (χ2n) is 3.03. The van der Waals surface area contributed by atoms with Crippen LogP contribution < -0.4 is 0 Å². The fourth-order valence-electron chi connectivity index (χ4n) is 0.335. The summed E-state index contributed by atoms with van der Waals surface area (Å²) in [5, 5.41) is 8.40. The van der Waals surface area contributed by atoms with Gasteiger partial charge in [0.25, 0.3) is 0 Å². The van der Waals surface area contributed by atoms with Crippen LogP contribution in [0.3, 0.4) is 0 Å². The molecule has 0 heterocycles. The molecule has 9 heavy (non-hydrogen) atoms. The molecule has 0 aliphatic carbocycles. The summed E-state index contributed by atoms with van der Waals surface area (Å²) >= 11 is 0. The molecule has 0 aliphatic rings. The lowest BCUT2D eigenvalue weighted by Gasteiger charge is -2.14. The van der Waals surface area contributed by atoms with Crippen LogP contribution in [0, 0.1) is 5.41 Å². The molecular formula is C8H20O. The molecule has 0 aromatic heterocycles. The van der Waals surface area contributed by atoms with Gasteiger partial charge in [-0.25, -0.2) is 0 Å². The zero-order valence-corrected chi connectivity index (χ0v) is 7.36. The third-order valence-corrected chi connectivity index (χ3v) is 0.862. The molecule has 1 heteroatoms. The second kappa shape index (κ2) is 6.09. The Labute approximate surface area is 59.1 Å². The van der Waals surface area contributed by atoms with Crippen molar-refractivity contribution >= 4 is 0 Å². The topological polar surface area (TPSA) is 20.2 Å². The van der Waals surface area contributed by atoms with E-state index in [0.29, 0.717) is 12.0 Å². The van der Waals surface area contributed by atoms with Crippen LogP contribution in [0.1, 0.15) is 41.0 Å². The van der Waals surface area contributed by atoms with E-state index in [1.807, 2.05) is 13.8 Å². The Hall–Kier alpha value is -0.0400. The molecular weight excluding hydrogens is 112 g/mol. The van der Waals surface area contributed by atoms with Crippen LogP contribution in [0.25, 0.3) is 0 Å². The van der Waals surface area contributed by atoms with Crippen molar-refractivity contribution < 1.29 is 5.11 Å². The average molecular weight is 132 g/mol. The van der Waals surface area contributed by atoms with Crippen molar-refractivity contribution in [2.45, 2.75) is 41.0 Å². The molecule has 0 saturated carbocycles. The van der Waals surface area contributed by atoms with Gasteiger partial charge in [0.2, 0.25) is 0 Å². The number of rotatable bonds is 1. The van der Waals surface area contributed by atoms with Gasteiger partial charge in [0.15, 0.2) is 0 Å². The standard InChI is InChI=1S/C6H14O.C2H6/c1-6(2,3)4-5-7;1-2/h7H,4-5H2,1-3H3;1-2H3. The zero-order chi connectivity index (χ0) is 7.91. The van der Waals surface area contributed by atoms with Crippen LogP contribution in [0.4, 0.5) is 0 Å². The molecule has 0 fully saturated rings. The van der Waals surface area contributed by atoms with Gasteiger partial charge in [0, 0.05) is 6.61 Å². The first-order valence-electron chi connectivity index (χ1n) is 3.67. The van der Waals surface area contributed by atoms with Crippen molar-refractivity contribution in [3.63, 3.8) is 0 Å². The Morgan fingerprint density at radius 1 is 1.11 bits per heavy atom. The van der Waals surface area contributed by atoms with E-state index in [1.165, 1.54) is 0 Å². The summed E-state index contributed by atoms with van der Waals surface area (Å²) in [6.45, 7) is 10.7. The van der Waals surface area contributed by atoms with Crippen molar-refractivity contribution in [1.82, 2.24) is 0 Å². The third-order valence-electron chi connectivity index (χ3n) is 0.862. The molecule has 0 saturated heterocycles. The van der Waals surface area contributed by atoms with Gasteiger partial charge >= 0.3 is 0 Å². The minimum Gasteiger partial charge on any atom is -0.396 e. The van der Waals surface area contributed by atoms with Crippen molar-refractivity contribution in [2.75, 3.05) is 6.61 Å². The largest absolute Gasteiger partial charge is 0.396 e. The van der Waals surface area contributed by atoms with Gasteiger partial charge in [-0.2, -0.15) is 0 Å². The van der Waals surface area contributed by atoms with E-state index < -0.39 is 0 Å². The number of aliphatic hydroxyl groups excluding tert-OH is 1. The molecule has 0 bridgehead atoms. The number of aliphatic hydroxyl groups is 1. The van der Waals surface area contributed by atoms with Crippen LogP contribution in [-0.2, 0) is 0 Å². The molecule has 0 aromatic carbocycles. The van der Waals surface area contributed by atoms with Crippen molar-refractivity contribution in [2.24, 2.45) is 5.41 Å². The lowest BCUT2D eigenvalue weighted by Crippen LogP contribution is -2.06. The predicted octanol–water partition coefficient (Wildman–Crippen LogP) is 2.44. The molecule has 0 radical (unpaired) electrons. The van der Waals surface area contributed by atoms with Gasteiger partial charge in [0.1, 0.15) is 0 Å².